The molecular formula is C15H22N4O2. The molecule has 2 amide bonds. The Balaban J connectivity index is 1.82. The van der Waals surface area contributed by atoms with E-state index in [4.69, 9.17) is 0 Å². The van der Waals surface area contributed by atoms with Crippen LogP contribution in [0, 0.1) is 5.92 Å². The first kappa shape index (κ1) is 14.1. The summed E-state index contributed by atoms with van der Waals surface area (Å²) in [6, 6.07) is 1.93. The van der Waals surface area contributed by atoms with Crippen molar-refractivity contribution in [1.29, 1.82) is 0 Å². The van der Waals surface area contributed by atoms with Gasteiger partial charge in [-0.25, -0.2) is 0 Å². The van der Waals surface area contributed by atoms with E-state index in [0.717, 1.165) is 25.8 Å². The van der Waals surface area contributed by atoms with Crippen molar-refractivity contribution in [3.63, 3.8) is 0 Å². The first-order chi connectivity index (χ1) is 10.1. The third-order valence-electron chi connectivity index (χ3n) is 4.62. The lowest BCUT2D eigenvalue weighted by Crippen LogP contribution is -2.45. The Morgan fingerprint density at radius 3 is 2.95 bits per heavy atom. The minimum Gasteiger partial charge on any atom is -0.341 e. The van der Waals surface area contributed by atoms with Crippen molar-refractivity contribution in [3.05, 3.63) is 18.0 Å². The summed E-state index contributed by atoms with van der Waals surface area (Å²) in [5.74, 6) is 0.143. The molecule has 0 radical (unpaired) electrons. The quantitative estimate of drug-likeness (QED) is 0.834. The maximum absolute atomic E-state index is 12.8. The van der Waals surface area contributed by atoms with Crippen LogP contribution in [0.4, 0.5) is 0 Å². The number of fused-ring (bicyclic) bond motifs is 4. The Morgan fingerprint density at radius 2 is 2.19 bits per heavy atom. The number of likely N-dealkylation sites (N-methyl/N-ethyl adjacent to an activating group) is 1. The average Bonchev–Trinajstić information content (AvgIpc) is 2.77. The number of hydrogen-bond acceptors (Lipinski definition) is 3. The van der Waals surface area contributed by atoms with E-state index in [0.29, 0.717) is 18.8 Å². The molecule has 21 heavy (non-hydrogen) atoms. The van der Waals surface area contributed by atoms with Gasteiger partial charge in [-0.3, -0.25) is 14.3 Å². The van der Waals surface area contributed by atoms with Crippen molar-refractivity contribution < 1.29 is 9.59 Å². The molecule has 4 heterocycles. The van der Waals surface area contributed by atoms with E-state index in [9.17, 15) is 9.59 Å². The summed E-state index contributed by atoms with van der Waals surface area (Å²) in [7, 11) is 1.86. The van der Waals surface area contributed by atoms with Crippen LogP contribution in [0.5, 0.6) is 0 Å². The maximum atomic E-state index is 12.8. The first-order valence-electron chi connectivity index (χ1n) is 7.69. The van der Waals surface area contributed by atoms with Crippen molar-refractivity contribution in [2.24, 2.45) is 5.92 Å². The van der Waals surface area contributed by atoms with Crippen molar-refractivity contribution in [3.8, 4) is 0 Å². The molecule has 3 aliphatic heterocycles. The Morgan fingerprint density at radius 1 is 1.38 bits per heavy atom. The third-order valence-corrected chi connectivity index (χ3v) is 4.62. The number of carbonyl (C=O) groups excluding carboxylic acids is 2. The largest absolute Gasteiger partial charge is 0.341 e. The van der Waals surface area contributed by atoms with Crippen LogP contribution in [0.15, 0.2) is 12.3 Å². The summed E-state index contributed by atoms with van der Waals surface area (Å²) < 4.78 is 1.76. The van der Waals surface area contributed by atoms with Gasteiger partial charge in [0, 0.05) is 38.9 Å². The lowest BCUT2D eigenvalue weighted by Gasteiger charge is -2.32. The summed E-state index contributed by atoms with van der Waals surface area (Å²) in [5, 5.41) is 4.22. The first-order valence-corrected chi connectivity index (χ1v) is 7.69. The number of nitrogens with zero attached hydrogens (tertiary/aromatic N) is 4. The molecule has 6 heteroatoms. The molecule has 6 nitrogen and oxygen atoms in total. The van der Waals surface area contributed by atoms with Crippen molar-refractivity contribution in [1.82, 2.24) is 19.6 Å². The molecule has 2 atom stereocenters. The number of amides is 2. The van der Waals surface area contributed by atoms with Crippen LogP contribution in [0.25, 0.3) is 0 Å². The third kappa shape index (κ3) is 2.43. The molecule has 3 aliphatic rings. The molecule has 4 rings (SSSR count). The topological polar surface area (TPSA) is 58.4 Å². The highest BCUT2D eigenvalue weighted by atomic mass is 16.2. The van der Waals surface area contributed by atoms with E-state index in [2.05, 4.69) is 12.0 Å². The summed E-state index contributed by atoms with van der Waals surface area (Å²) >= 11 is 0. The van der Waals surface area contributed by atoms with E-state index in [1.165, 1.54) is 0 Å². The van der Waals surface area contributed by atoms with Gasteiger partial charge >= 0.3 is 0 Å². The van der Waals surface area contributed by atoms with Gasteiger partial charge in [0.15, 0.2) is 0 Å². The Labute approximate surface area is 124 Å². The Bertz CT molecular complexity index is 554. The summed E-state index contributed by atoms with van der Waals surface area (Å²) in [4.78, 5) is 28.6. The highest BCUT2D eigenvalue weighted by Gasteiger charge is 2.40. The number of aryl methyl sites for hydroxylation is 1. The molecular weight excluding hydrogens is 268 g/mol. The monoisotopic (exact) mass is 290 g/mol. The van der Waals surface area contributed by atoms with Gasteiger partial charge in [0.05, 0.1) is 5.92 Å². The smallest absolute Gasteiger partial charge is 0.272 e. The normalized spacial score (nSPS) is 25.3. The second-order valence-electron chi connectivity index (χ2n) is 6.03. The molecule has 1 aromatic heterocycles. The summed E-state index contributed by atoms with van der Waals surface area (Å²) in [6.45, 7) is 3.98. The van der Waals surface area contributed by atoms with E-state index in [1.54, 1.807) is 16.9 Å². The highest BCUT2D eigenvalue weighted by molar-refractivity contribution is 5.93. The predicted octanol–water partition coefficient (Wildman–Crippen LogP) is 0.986. The molecule has 2 bridgehead atoms. The number of hydrogen-bond donors (Lipinski definition) is 0. The van der Waals surface area contributed by atoms with Crippen LogP contribution >= 0.6 is 0 Å². The molecule has 0 aromatic carbocycles. The lowest BCUT2D eigenvalue weighted by molar-refractivity contribution is -0.138. The van der Waals surface area contributed by atoms with Gasteiger partial charge < -0.3 is 9.80 Å². The van der Waals surface area contributed by atoms with Gasteiger partial charge in [-0.2, -0.15) is 5.10 Å². The number of rotatable bonds is 3. The van der Waals surface area contributed by atoms with Gasteiger partial charge in [0.25, 0.3) is 5.91 Å². The van der Waals surface area contributed by atoms with Gasteiger partial charge in [-0.15, -0.1) is 0 Å². The van der Waals surface area contributed by atoms with Crippen LogP contribution < -0.4 is 0 Å². The lowest BCUT2D eigenvalue weighted by atomic mass is 9.95. The molecule has 1 aromatic rings. The summed E-state index contributed by atoms with van der Waals surface area (Å²) in [6.07, 6.45) is 4.50. The maximum Gasteiger partial charge on any atom is 0.272 e. The second-order valence-corrected chi connectivity index (χ2v) is 6.03. The zero-order chi connectivity index (χ0) is 15.0. The van der Waals surface area contributed by atoms with Gasteiger partial charge in [0.1, 0.15) is 5.69 Å². The Kier molecular flexibility index (Phi) is 3.69. The fourth-order valence-electron chi connectivity index (χ4n) is 3.39. The fourth-order valence-corrected chi connectivity index (χ4v) is 3.39. The average molecular weight is 290 g/mol. The summed E-state index contributed by atoms with van der Waals surface area (Å²) in [5.41, 5.74) is 0.633. The van der Waals surface area contributed by atoms with Crippen molar-refractivity contribution >= 4 is 11.8 Å². The van der Waals surface area contributed by atoms with Crippen LogP contribution in [0.2, 0.25) is 0 Å². The molecule has 0 spiro atoms. The van der Waals surface area contributed by atoms with E-state index >= 15 is 0 Å². The van der Waals surface area contributed by atoms with Crippen molar-refractivity contribution in [2.45, 2.75) is 38.8 Å². The zero-order valence-corrected chi connectivity index (χ0v) is 12.7. The predicted molar refractivity (Wildman–Crippen MR) is 77.7 cm³/mol. The van der Waals surface area contributed by atoms with Gasteiger partial charge in [-0.1, -0.05) is 6.92 Å². The van der Waals surface area contributed by atoms with E-state index < -0.39 is 0 Å². The number of carbonyl (C=O) groups is 2. The molecule has 0 aliphatic carbocycles. The minimum atomic E-state index is -0.0414. The van der Waals surface area contributed by atoms with E-state index in [1.807, 2.05) is 16.8 Å². The molecule has 114 valence electrons. The minimum absolute atomic E-state index is 0.000880. The standard InChI is InChI=1S/C15H22N4O2/c1-3-8-19-13(6-7-16-19)15(21)18-9-11-4-5-12(10-18)17(2)14(11)20/h6-7,11-12H,3-5,8-10H2,1-2H3/t11-,12+/m1/s1. The number of aromatic nitrogens is 2. The molecule has 3 fully saturated rings. The van der Waals surface area contributed by atoms with E-state index in [-0.39, 0.29) is 23.8 Å². The highest BCUT2D eigenvalue weighted by Crippen LogP contribution is 2.28. The second kappa shape index (κ2) is 5.50. The number of piperidine rings is 1. The fraction of sp³-hybridized carbons (Fsp3) is 0.667. The van der Waals surface area contributed by atoms with Gasteiger partial charge in [-0.05, 0) is 25.3 Å². The van der Waals surface area contributed by atoms with Crippen LogP contribution in [-0.2, 0) is 11.3 Å². The van der Waals surface area contributed by atoms with Crippen molar-refractivity contribution in [2.75, 3.05) is 20.1 Å². The molecule has 0 unspecified atom stereocenters. The van der Waals surface area contributed by atoms with Crippen LogP contribution in [-0.4, -0.2) is 57.6 Å². The van der Waals surface area contributed by atoms with Gasteiger partial charge in [0.2, 0.25) is 5.91 Å². The molecule has 3 saturated heterocycles. The Hall–Kier alpha value is -1.85. The van der Waals surface area contributed by atoms with Crippen LogP contribution in [0.3, 0.4) is 0 Å². The molecule has 0 saturated carbocycles. The van der Waals surface area contributed by atoms with Crippen LogP contribution in [0.1, 0.15) is 36.7 Å². The molecule has 0 N–H and O–H groups in total. The zero-order valence-electron chi connectivity index (χ0n) is 12.7. The SMILES string of the molecule is CCCn1nccc1C(=O)N1C[C@H]2CC[C@@H](C1)N(C)C2=O.